The summed E-state index contributed by atoms with van der Waals surface area (Å²) in [5.41, 5.74) is 0.273. The standard InChI is InChI=1S/C20H24N4O5S/c1-28-13-12-24-16-6-10-23(20(25)15-14-21-8-9-22-15)11-7-17(16)29-18-4-2-3-5-19(18)30(24,26)27/h2-5,8-9,14,16-17H,6-7,10-13H2,1H3/t16-,17-/m1/s1. The number of carbonyl (C=O) groups is 1. The number of benzene rings is 1. The van der Waals surface area contributed by atoms with E-state index in [1.165, 1.54) is 22.9 Å². The van der Waals surface area contributed by atoms with Gasteiger partial charge < -0.3 is 14.4 Å². The zero-order valence-electron chi connectivity index (χ0n) is 16.7. The SMILES string of the molecule is COCCN1[C@@H]2CCN(C(=O)c3cnccn3)CC[C@H]2Oc2ccccc2S1(=O)=O. The monoisotopic (exact) mass is 432 g/mol. The van der Waals surface area contributed by atoms with Gasteiger partial charge in [0.2, 0.25) is 10.0 Å². The minimum absolute atomic E-state index is 0.168. The van der Waals surface area contributed by atoms with Gasteiger partial charge in [0, 0.05) is 45.6 Å². The van der Waals surface area contributed by atoms with Gasteiger partial charge in [0.15, 0.2) is 0 Å². The van der Waals surface area contributed by atoms with Gasteiger partial charge in [-0.2, -0.15) is 4.31 Å². The molecule has 2 atom stereocenters. The number of hydrogen-bond donors (Lipinski definition) is 0. The molecule has 1 amide bonds. The highest BCUT2D eigenvalue weighted by atomic mass is 32.2. The number of nitrogens with zero attached hydrogens (tertiary/aromatic N) is 4. The molecule has 30 heavy (non-hydrogen) atoms. The number of ether oxygens (including phenoxy) is 2. The van der Waals surface area contributed by atoms with Crippen LogP contribution in [0.1, 0.15) is 23.3 Å². The predicted octanol–water partition coefficient (Wildman–Crippen LogP) is 1.18. The van der Waals surface area contributed by atoms with Crippen molar-refractivity contribution in [2.24, 2.45) is 0 Å². The van der Waals surface area contributed by atoms with Crippen LogP contribution in [-0.4, -0.2) is 79.0 Å². The summed E-state index contributed by atoms with van der Waals surface area (Å²) >= 11 is 0. The van der Waals surface area contributed by atoms with Crippen LogP contribution >= 0.6 is 0 Å². The Balaban J connectivity index is 1.65. The summed E-state index contributed by atoms with van der Waals surface area (Å²) in [5.74, 6) is 0.132. The lowest BCUT2D eigenvalue weighted by atomic mass is 10.1. The molecule has 0 radical (unpaired) electrons. The largest absolute Gasteiger partial charge is 0.487 e. The van der Waals surface area contributed by atoms with Crippen molar-refractivity contribution in [3.63, 3.8) is 0 Å². The van der Waals surface area contributed by atoms with Crippen LogP contribution in [-0.2, 0) is 14.8 Å². The van der Waals surface area contributed by atoms with Gasteiger partial charge in [-0.3, -0.25) is 9.78 Å². The third kappa shape index (κ3) is 3.90. The molecule has 1 aromatic heterocycles. The third-order valence-electron chi connectivity index (χ3n) is 5.48. The van der Waals surface area contributed by atoms with E-state index in [2.05, 4.69) is 9.97 Å². The summed E-state index contributed by atoms with van der Waals surface area (Å²) in [7, 11) is -2.22. The first-order valence-electron chi connectivity index (χ1n) is 9.84. The van der Waals surface area contributed by atoms with Gasteiger partial charge in [-0.05, 0) is 18.6 Å². The van der Waals surface area contributed by atoms with Crippen LogP contribution in [0.3, 0.4) is 0 Å². The van der Waals surface area contributed by atoms with Crippen LogP contribution < -0.4 is 4.74 Å². The summed E-state index contributed by atoms with van der Waals surface area (Å²) in [6.07, 6.45) is 5.01. The molecular formula is C20H24N4O5S. The fourth-order valence-electron chi connectivity index (χ4n) is 4.00. The number of rotatable bonds is 4. The topological polar surface area (TPSA) is 102 Å². The van der Waals surface area contributed by atoms with Crippen molar-refractivity contribution < 1.29 is 22.7 Å². The van der Waals surface area contributed by atoms with Crippen molar-refractivity contribution in [2.45, 2.75) is 29.9 Å². The maximum atomic E-state index is 13.4. The van der Waals surface area contributed by atoms with E-state index in [9.17, 15) is 13.2 Å². The Bertz CT molecular complexity index is 1000. The van der Waals surface area contributed by atoms with Crippen molar-refractivity contribution in [3.8, 4) is 5.75 Å². The number of hydrogen-bond acceptors (Lipinski definition) is 7. The average molecular weight is 433 g/mol. The predicted molar refractivity (Wildman–Crippen MR) is 108 cm³/mol. The summed E-state index contributed by atoms with van der Waals surface area (Å²) in [4.78, 5) is 22.7. The van der Waals surface area contributed by atoms with Crippen molar-refractivity contribution in [1.82, 2.24) is 19.2 Å². The van der Waals surface area contributed by atoms with E-state index in [1.54, 1.807) is 36.3 Å². The number of methoxy groups -OCH3 is 1. The highest BCUT2D eigenvalue weighted by molar-refractivity contribution is 7.89. The zero-order chi connectivity index (χ0) is 21.1. The first-order valence-corrected chi connectivity index (χ1v) is 11.3. The number of amides is 1. The van der Waals surface area contributed by atoms with E-state index < -0.39 is 16.1 Å². The summed E-state index contributed by atoms with van der Waals surface area (Å²) in [6.45, 7) is 1.33. The normalized spacial score (nSPS) is 23.4. The van der Waals surface area contributed by atoms with E-state index in [0.29, 0.717) is 31.7 Å². The Morgan fingerprint density at radius 1 is 1.23 bits per heavy atom. The van der Waals surface area contributed by atoms with Gasteiger partial charge in [-0.25, -0.2) is 13.4 Å². The van der Waals surface area contributed by atoms with E-state index in [4.69, 9.17) is 9.47 Å². The molecule has 0 saturated carbocycles. The van der Waals surface area contributed by atoms with Crippen LogP contribution in [0, 0.1) is 0 Å². The van der Waals surface area contributed by atoms with Crippen molar-refractivity contribution >= 4 is 15.9 Å². The molecule has 10 heteroatoms. The Morgan fingerprint density at radius 2 is 2.03 bits per heavy atom. The van der Waals surface area contributed by atoms with E-state index in [-0.39, 0.29) is 35.8 Å². The molecule has 2 aliphatic heterocycles. The Labute approximate surface area is 175 Å². The highest BCUT2D eigenvalue weighted by Crippen LogP contribution is 2.36. The van der Waals surface area contributed by atoms with Gasteiger partial charge in [-0.15, -0.1) is 0 Å². The molecule has 1 saturated heterocycles. The van der Waals surface area contributed by atoms with Crippen LogP contribution in [0.5, 0.6) is 5.75 Å². The molecule has 9 nitrogen and oxygen atoms in total. The van der Waals surface area contributed by atoms with Crippen LogP contribution in [0.15, 0.2) is 47.8 Å². The number of likely N-dealkylation sites (tertiary alicyclic amines) is 1. The molecule has 0 unspecified atom stereocenters. The summed E-state index contributed by atoms with van der Waals surface area (Å²) in [6, 6.07) is 6.29. The molecular weight excluding hydrogens is 408 g/mol. The maximum Gasteiger partial charge on any atom is 0.274 e. The third-order valence-corrected chi connectivity index (χ3v) is 7.44. The fraction of sp³-hybridized carbons (Fsp3) is 0.450. The Kier molecular flexibility index (Phi) is 5.98. The van der Waals surface area contributed by atoms with Gasteiger partial charge in [-0.1, -0.05) is 12.1 Å². The van der Waals surface area contributed by atoms with Gasteiger partial charge in [0.1, 0.15) is 22.4 Å². The molecule has 2 aliphatic rings. The smallest absolute Gasteiger partial charge is 0.274 e. The van der Waals surface area contributed by atoms with Gasteiger partial charge in [0.05, 0.1) is 18.8 Å². The van der Waals surface area contributed by atoms with Crippen molar-refractivity contribution in [2.75, 3.05) is 33.4 Å². The van der Waals surface area contributed by atoms with E-state index >= 15 is 0 Å². The molecule has 0 N–H and O–H groups in total. The molecule has 1 fully saturated rings. The molecule has 4 rings (SSSR count). The molecule has 2 aromatic rings. The fourth-order valence-corrected chi connectivity index (χ4v) is 5.78. The lowest BCUT2D eigenvalue weighted by molar-refractivity contribution is 0.0748. The first kappa shape index (κ1) is 20.7. The highest BCUT2D eigenvalue weighted by Gasteiger charge is 2.43. The average Bonchev–Trinajstić information content (AvgIpc) is 3.01. The second-order valence-electron chi connectivity index (χ2n) is 7.24. The van der Waals surface area contributed by atoms with Gasteiger partial charge in [0.25, 0.3) is 5.91 Å². The lowest BCUT2D eigenvalue weighted by Gasteiger charge is -2.31. The first-order chi connectivity index (χ1) is 14.5. The Hall–Kier alpha value is -2.56. The molecule has 0 spiro atoms. The number of para-hydroxylation sites is 1. The number of fused-ring (bicyclic) bond motifs is 2. The van der Waals surface area contributed by atoms with Crippen molar-refractivity contribution in [1.29, 1.82) is 0 Å². The molecule has 160 valence electrons. The number of aromatic nitrogens is 2. The number of sulfonamides is 1. The zero-order valence-corrected chi connectivity index (χ0v) is 17.5. The van der Waals surface area contributed by atoms with E-state index in [1.807, 2.05) is 0 Å². The quantitative estimate of drug-likeness (QED) is 0.715. The minimum Gasteiger partial charge on any atom is -0.487 e. The molecule has 0 aliphatic carbocycles. The molecule has 1 aromatic carbocycles. The van der Waals surface area contributed by atoms with Gasteiger partial charge >= 0.3 is 0 Å². The maximum absolute atomic E-state index is 13.4. The second-order valence-corrected chi connectivity index (χ2v) is 9.10. The summed E-state index contributed by atoms with van der Waals surface area (Å²) in [5, 5.41) is 0. The Morgan fingerprint density at radius 3 is 2.80 bits per heavy atom. The van der Waals surface area contributed by atoms with Crippen molar-refractivity contribution in [3.05, 3.63) is 48.5 Å². The lowest BCUT2D eigenvalue weighted by Crippen LogP contribution is -2.48. The van der Waals surface area contributed by atoms with E-state index in [0.717, 1.165) is 0 Å². The molecule has 0 bridgehead atoms. The van der Waals surface area contributed by atoms with Crippen LogP contribution in [0.4, 0.5) is 0 Å². The molecule has 3 heterocycles. The minimum atomic E-state index is -3.77. The second kappa shape index (κ2) is 8.66. The number of carbonyl (C=O) groups excluding carboxylic acids is 1. The summed E-state index contributed by atoms with van der Waals surface area (Å²) < 4.78 is 39.7. The van der Waals surface area contributed by atoms with Crippen LogP contribution in [0.25, 0.3) is 0 Å². The van der Waals surface area contributed by atoms with Crippen LogP contribution in [0.2, 0.25) is 0 Å².